The van der Waals surface area contributed by atoms with Gasteiger partial charge in [0.15, 0.2) is 0 Å². The van der Waals surface area contributed by atoms with Gasteiger partial charge in [-0.2, -0.15) is 0 Å². The van der Waals surface area contributed by atoms with Crippen molar-refractivity contribution in [2.45, 2.75) is 62.9 Å². The number of nitrogens with one attached hydrogen (secondary N) is 2. The summed E-state index contributed by atoms with van der Waals surface area (Å²) in [6, 6.07) is 32.5. The molecule has 0 bridgehead atoms. The molecule has 4 aromatic rings. The van der Waals surface area contributed by atoms with Gasteiger partial charge >= 0.3 is 0 Å². The Hall–Kier alpha value is -4.32. The summed E-state index contributed by atoms with van der Waals surface area (Å²) in [4.78, 5) is 0. The normalized spacial score (nSPS) is 16.6. The van der Waals surface area contributed by atoms with Crippen LogP contribution in [0.15, 0.2) is 97.1 Å². The minimum Gasteiger partial charge on any atom is -0.491 e. The predicted molar refractivity (Wildman–Crippen MR) is 231 cm³/mol. The first-order valence-corrected chi connectivity index (χ1v) is 20.1. The molecule has 14 heteroatoms. The third-order valence-electron chi connectivity index (χ3n) is 9.91. The summed E-state index contributed by atoms with van der Waals surface area (Å²) in [6.45, 7) is 13.8. The molecule has 59 heavy (non-hydrogen) atoms. The van der Waals surface area contributed by atoms with Gasteiger partial charge in [-0.25, -0.2) is 0 Å². The van der Waals surface area contributed by atoms with Crippen LogP contribution in [0.2, 0.25) is 0 Å². The zero-order chi connectivity index (χ0) is 42.7. The summed E-state index contributed by atoms with van der Waals surface area (Å²) >= 11 is 0. The maximum absolute atomic E-state index is 9.83. The summed E-state index contributed by atoms with van der Waals surface area (Å²) in [6.07, 6.45) is -0.663. The molecule has 14 nitrogen and oxygen atoms in total. The van der Waals surface area contributed by atoms with Crippen molar-refractivity contribution in [1.29, 1.82) is 0 Å². The highest BCUT2D eigenvalue weighted by molar-refractivity contribution is 5.43. The lowest BCUT2D eigenvalue weighted by molar-refractivity contribution is 0.106. The maximum atomic E-state index is 9.83. The Morgan fingerprint density at radius 1 is 0.525 bits per heavy atom. The standard InChI is InChI=1S/C23H36N4O4.C21H24O4.CH6N2/c1-23(2,17-3-7-21(8-4-17)30-13-19(28)11-26-15-24)18-5-9-22(10-6-18)31-14-20(29)12-27-16-25;1-21(2,15-3-7-17(8-4-15)22-11-19-13-24-19)16-5-9-18(10-6-16)23-12-20-14-25-20;2-1-3/h3-10,19-20,26-29H,11-16,24-25H2,1-2H3;3-10,19-20H,11-14H2,1-2H3;1-3H2. The molecule has 324 valence electrons. The lowest BCUT2D eigenvalue weighted by Crippen LogP contribution is -2.34. The third kappa shape index (κ3) is 16.3. The molecule has 0 spiro atoms. The molecule has 4 aromatic carbocycles. The fourth-order valence-electron chi connectivity index (χ4n) is 5.91. The van der Waals surface area contributed by atoms with Crippen LogP contribution in [0.5, 0.6) is 23.0 Å². The van der Waals surface area contributed by atoms with Gasteiger partial charge in [0.2, 0.25) is 0 Å². The second kappa shape index (κ2) is 24.1. The molecular formula is C45H66N6O8. The maximum Gasteiger partial charge on any atom is 0.119 e. The van der Waals surface area contributed by atoms with E-state index in [0.29, 0.717) is 51.1 Å². The van der Waals surface area contributed by atoms with Crippen molar-refractivity contribution in [3.63, 3.8) is 0 Å². The third-order valence-corrected chi connectivity index (χ3v) is 9.91. The molecule has 2 aliphatic heterocycles. The van der Waals surface area contributed by atoms with Gasteiger partial charge < -0.3 is 72.2 Å². The molecule has 0 saturated carbocycles. The van der Waals surface area contributed by atoms with Crippen molar-refractivity contribution < 1.29 is 38.6 Å². The average molecular weight is 819 g/mol. The summed E-state index contributed by atoms with van der Waals surface area (Å²) < 4.78 is 33.1. The number of aliphatic hydroxyl groups is 2. The molecule has 12 N–H and O–H groups in total. The summed E-state index contributed by atoms with van der Waals surface area (Å²) in [7, 11) is 0. The lowest BCUT2D eigenvalue weighted by Gasteiger charge is -2.26. The number of hydrogen-bond acceptors (Lipinski definition) is 14. The fourth-order valence-corrected chi connectivity index (χ4v) is 5.91. The quantitative estimate of drug-likeness (QED) is 0.0422. The molecule has 0 radical (unpaired) electrons. The minimum absolute atomic E-state index is 0.0870. The smallest absolute Gasteiger partial charge is 0.119 e. The molecule has 0 amide bonds. The van der Waals surface area contributed by atoms with Crippen LogP contribution in [-0.4, -0.2) is 107 Å². The van der Waals surface area contributed by atoms with Crippen molar-refractivity contribution in [3.05, 3.63) is 119 Å². The second-order valence-corrected chi connectivity index (χ2v) is 15.4. The Morgan fingerprint density at radius 3 is 1.02 bits per heavy atom. The number of epoxide rings is 2. The fraction of sp³-hybridized carbons (Fsp3) is 0.467. The number of aliphatic hydroxyl groups excluding tert-OH is 2. The summed E-state index contributed by atoms with van der Waals surface area (Å²) in [5, 5.41) is 25.4. The highest BCUT2D eigenvalue weighted by atomic mass is 16.6. The highest BCUT2D eigenvalue weighted by Crippen LogP contribution is 2.35. The number of ether oxygens (including phenoxy) is 6. The Morgan fingerprint density at radius 2 is 0.780 bits per heavy atom. The van der Waals surface area contributed by atoms with Gasteiger partial charge in [0.05, 0.1) is 13.2 Å². The zero-order valence-corrected chi connectivity index (χ0v) is 35.0. The van der Waals surface area contributed by atoms with Crippen LogP contribution in [0, 0.1) is 0 Å². The lowest BCUT2D eigenvalue weighted by atomic mass is 9.78. The van der Waals surface area contributed by atoms with Crippen molar-refractivity contribution in [2.24, 2.45) is 22.9 Å². The molecule has 0 aromatic heterocycles. The van der Waals surface area contributed by atoms with Gasteiger partial charge in [0.1, 0.15) is 73.8 Å². The predicted octanol–water partition coefficient (Wildman–Crippen LogP) is 2.93. The number of hydrogen-bond donors (Lipinski definition) is 8. The monoisotopic (exact) mass is 818 g/mol. The molecule has 2 saturated heterocycles. The Balaban J connectivity index is 0.000000248. The number of benzene rings is 4. The van der Waals surface area contributed by atoms with Gasteiger partial charge in [0.25, 0.3) is 0 Å². The van der Waals surface area contributed by atoms with Crippen LogP contribution < -0.4 is 52.5 Å². The molecule has 2 heterocycles. The van der Waals surface area contributed by atoms with E-state index in [0.717, 1.165) is 35.8 Å². The van der Waals surface area contributed by atoms with Crippen molar-refractivity contribution in [2.75, 3.05) is 72.7 Å². The van der Waals surface area contributed by atoms with E-state index in [1.807, 2.05) is 72.8 Å². The molecule has 2 aliphatic rings. The van der Waals surface area contributed by atoms with E-state index in [2.05, 4.69) is 74.1 Å². The number of rotatable bonds is 22. The van der Waals surface area contributed by atoms with Crippen molar-refractivity contribution in [1.82, 2.24) is 10.6 Å². The van der Waals surface area contributed by atoms with Gasteiger partial charge in [-0.3, -0.25) is 0 Å². The van der Waals surface area contributed by atoms with E-state index in [1.54, 1.807) is 0 Å². The van der Waals surface area contributed by atoms with E-state index < -0.39 is 12.2 Å². The first kappa shape index (κ1) is 47.4. The van der Waals surface area contributed by atoms with E-state index in [-0.39, 0.29) is 42.9 Å². The largest absolute Gasteiger partial charge is 0.491 e. The van der Waals surface area contributed by atoms with Crippen molar-refractivity contribution in [3.8, 4) is 23.0 Å². The van der Waals surface area contributed by atoms with E-state index in [9.17, 15) is 10.2 Å². The highest BCUT2D eigenvalue weighted by Gasteiger charge is 2.26. The molecule has 4 atom stereocenters. The van der Waals surface area contributed by atoms with Crippen molar-refractivity contribution >= 4 is 0 Å². The summed E-state index contributed by atoms with van der Waals surface area (Å²) in [5.74, 6) is 3.19. The molecule has 2 fully saturated rings. The molecular weight excluding hydrogens is 753 g/mol. The van der Waals surface area contributed by atoms with E-state index in [1.165, 1.54) is 11.1 Å². The van der Waals surface area contributed by atoms with Gasteiger partial charge in [-0.1, -0.05) is 76.2 Å². The molecule has 6 rings (SSSR count). The SMILES string of the molecule is CC(C)(c1ccc(OCC(O)CNCN)cc1)c1ccc(OCC(O)CNCN)cc1.CC(C)(c1ccc(OCC2CO2)cc1)c1ccc(OCC2CO2)cc1.NCN. The van der Waals surface area contributed by atoms with Gasteiger partial charge in [-0.15, -0.1) is 0 Å². The second-order valence-electron chi connectivity index (χ2n) is 15.4. The van der Waals surface area contributed by atoms with E-state index >= 15 is 0 Å². The zero-order valence-electron chi connectivity index (χ0n) is 35.0. The van der Waals surface area contributed by atoms with Gasteiger partial charge in [0, 0.05) is 43.9 Å². The Labute approximate surface area is 349 Å². The van der Waals surface area contributed by atoms with Crippen LogP contribution in [0.1, 0.15) is 49.9 Å². The Bertz CT molecular complexity index is 1610. The van der Waals surface area contributed by atoms with Crippen LogP contribution >= 0.6 is 0 Å². The first-order chi connectivity index (χ1) is 28.4. The van der Waals surface area contributed by atoms with Crippen LogP contribution in [0.3, 0.4) is 0 Å². The van der Waals surface area contributed by atoms with E-state index in [4.69, 9.17) is 39.9 Å². The first-order valence-electron chi connectivity index (χ1n) is 20.1. The topological polar surface area (TPSA) is 231 Å². The molecule has 0 aliphatic carbocycles. The Kier molecular flexibility index (Phi) is 19.3. The average Bonchev–Trinajstić information content (AvgIpc) is 4.20. The molecule has 4 unspecified atom stereocenters. The number of nitrogens with two attached hydrogens (primary N) is 4. The van der Waals surface area contributed by atoms with Crippen LogP contribution in [0.4, 0.5) is 0 Å². The van der Waals surface area contributed by atoms with Gasteiger partial charge in [-0.05, 0) is 70.8 Å². The minimum atomic E-state index is -0.613. The summed E-state index contributed by atoms with van der Waals surface area (Å²) in [5.41, 5.74) is 24.4. The van der Waals surface area contributed by atoms with Crippen LogP contribution in [0.25, 0.3) is 0 Å². The van der Waals surface area contributed by atoms with Crippen LogP contribution in [-0.2, 0) is 20.3 Å².